The molecule has 0 aromatic heterocycles. The second kappa shape index (κ2) is 8.00. The lowest BCUT2D eigenvalue weighted by molar-refractivity contribution is -0.119. The third kappa shape index (κ3) is 4.01. The number of nitrogens with one attached hydrogen (secondary N) is 1. The van der Waals surface area contributed by atoms with E-state index in [2.05, 4.69) is 16.3 Å². The molecule has 0 aliphatic carbocycles. The van der Waals surface area contributed by atoms with Gasteiger partial charge < -0.3 is 24.4 Å². The van der Waals surface area contributed by atoms with Crippen molar-refractivity contribution in [2.24, 2.45) is 0 Å². The summed E-state index contributed by atoms with van der Waals surface area (Å²) in [6.07, 6.45) is 1.08. The lowest BCUT2D eigenvalue weighted by atomic mass is 10.1. The van der Waals surface area contributed by atoms with Gasteiger partial charge in [-0.1, -0.05) is 18.2 Å². The number of ether oxygens (including phenoxy) is 3. The zero-order valence-corrected chi connectivity index (χ0v) is 16.3. The Hall–Kier alpha value is -2.89. The minimum absolute atomic E-state index is 0.0139. The third-order valence-corrected chi connectivity index (χ3v) is 5.13. The van der Waals surface area contributed by atoms with Crippen molar-refractivity contribution in [1.82, 2.24) is 5.32 Å². The number of nitrogens with zero attached hydrogens (tertiary/aromatic N) is 1. The van der Waals surface area contributed by atoms with Crippen LogP contribution in [0.3, 0.4) is 0 Å². The first-order valence-electron chi connectivity index (χ1n) is 9.77. The first kappa shape index (κ1) is 18.5. The van der Waals surface area contributed by atoms with Crippen LogP contribution in [0.25, 0.3) is 0 Å². The van der Waals surface area contributed by atoms with E-state index in [1.165, 1.54) is 6.92 Å². The fraction of sp³-hybridized carbons (Fsp3) is 0.409. The Morgan fingerprint density at radius 3 is 2.75 bits per heavy atom. The van der Waals surface area contributed by atoms with Crippen LogP contribution >= 0.6 is 0 Å². The van der Waals surface area contributed by atoms with Crippen LogP contribution in [0.4, 0.5) is 5.69 Å². The predicted octanol–water partition coefficient (Wildman–Crippen LogP) is 3.31. The van der Waals surface area contributed by atoms with Crippen LogP contribution in [0.5, 0.6) is 17.2 Å². The van der Waals surface area contributed by atoms with E-state index < -0.39 is 0 Å². The van der Waals surface area contributed by atoms with Crippen molar-refractivity contribution in [3.05, 3.63) is 48.0 Å². The first-order valence-corrected chi connectivity index (χ1v) is 9.77. The summed E-state index contributed by atoms with van der Waals surface area (Å²) < 4.78 is 17.7. The molecular formula is C22H26N2O4. The van der Waals surface area contributed by atoms with Crippen LogP contribution in [0.15, 0.2) is 42.5 Å². The van der Waals surface area contributed by atoms with Crippen molar-refractivity contribution in [2.75, 3.05) is 31.2 Å². The second-order valence-electron chi connectivity index (χ2n) is 7.27. The van der Waals surface area contributed by atoms with Crippen LogP contribution in [0.2, 0.25) is 0 Å². The van der Waals surface area contributed by atoms with Gasteiger partial charge in [0.25, 0.3) is 0 Å². The van der Waals surface area contributed by atoms with Crippen molar-refractivity contribution in [2.45, 2.75) is 32.4 Å². The van der Waals surface area contributed by atoms with Gasteiger partial charge in [0.05, 0.1) is 18.3 Å². The van der Waals surface area contributed by atoms with Crippen LogP contribution in [-0.4, -0.2) is 38.3 Å². The van der Waals surface area contributed by atoms with E-state index in [0.717, 1.165) is 48.0 Å². The second-order valence-corrected chi connectivity index (χ2v) is 7.27. The summed E-state index contributed by atoms with van der Waals surface area (Å²) in [7, 11) is 0. The maximum Gasteiger partial charge on any atom is 0.217 e. The molecule has 0 spiro atoms. The van der Waals surface area contributed by atoms with E-state index in [4.69, 9.17) is 14.2 Å². The highest BCUT2D eigenvalue weighted by atomic mass is 16.6. The quantitative estimate of drug-likeness (QED) is 0.860. The lowest BCUT2D eigenvalue weighted by Gasteiger charge is -2.26. The van der Waals surface area contributed by atoms with Crippen molar-refractivity contribution < 1.29 is 19.0 Å². The molecule has 1 amide bonds. The molecule has 2 aliphatic rings. The molecule has 2 aromatic carbocycles. The van der Waals surface area contributed by atoms with Crippen molar-refractivity contribution in [3.8, 4) is 17.2 Å². The van der Waals surface area contributed by atoms with Gasteiger partial charge in [-0.3, -0.25) is 4.79 Å². The molecule has 0 saturated carbocycles. The molecule has 2 aromatic rings. The van der Waals surface area contributed by atoms with E-state index >= 15 is 0 Å². The Morgan fingerprint density at radius 1 is 1.18 bits per heavy atom. The summed E-state index contributed by atoms with van der Waals surface area (Å²) in [6, 6.07) is 14.0. The highest BCUT2D eigenvalue weighted by molar-refractivity contribution is 5.73. The van der Waals surface area contributed by atoms with Crippen molar-refractivity contribution in [3.63, 3.8) is 0 Å². The summed E-state index contributed by atoms with van der Waals surface area (Å²) in [5, 5.41) is 2.89. The number of fused-ring (bicyclic) bond motifs is 1. The van der Waals surface area contributed by atoms with Crippen molar-refractivity contribution in [1.29, 1.82) is 0 Å². The average Bonchev–Trinajstić information content (AvgIpc) is 3.16. The van der Waals surface area contributed by atoms with Gasteiger partial charge >= 0.3 is 0 Å². The van der Waals surface area contributed by atoms with E-state index in [1.807, 2.05) is 43.3 Å². The fourth-order valence-electron chi connectivity index (χ4n) is 3.77. The summed E-state index contributed by atoms with van der Waals surface area (Å²) in [5.74, 6) is 2.47. The monoisotopic (exact) mass is 382 g/mol. The zero-order valence-electron chi connectivity index (χ0n) is 16.3. The number of hydrogen-bond donors (Lipinski definition) is 1. The van der Waals surface area contributed by atoms with Crippen LogP contribution in [0.1, 0.15) is 31.9 Å². The van der Waals surface area contributed by atoms with Gasteiger partial charge in [-0.15, -0.1) is 0 Å². The number of amides is 1. The van der Waals surface area contributed by atoms with Gasteiger partial charge in [0.15, 0.2) is 11.5 Å². The largest absolute Gasteiger partial charge is 0.489 e. The molecule has 0 radical (unpaired) electrons. The Labute approximate surface area is 165 Å². The van der Waals surface area contributed by atoms with Crippen molar-refractivity contribution >= 4 is 11.6 Å². The SMILES string of the molecule is CC(=O)N[C@@H](C)c1ccc(O[C@@H]2CCN(c3cccc4c3OCCO4)C2)cc1. The summed E-state index contributed by atoms with van der Waals surface area (Å²) >= 11 is 0. The third-order valence-electron chi connectivity index (χ3n) is 5.13. The van der Waals surface area contributed by atoms with E-state index in [0.29, 0.717) is 13.2 Å². The zero-order chi connectivity index (χ0) is 19.5. The van der Waals surface area contributed by atoms with Gasteiger partial charge in [-0.2, -0.15) is 0 Å². The van der Waals surface area contributed by atoms with Gasteiger partial charge in [-0.25, -0.2) is 0 Å². The van der Waals surface area contributed by atoms with E-state index in [9.17, 15) is 4.79 Å². The molecule has 0 bridgehead atoms. The maximum absolute atomic E-state index is 11.2. The van der Waals surface area contributed by atoms with Crippen LogP contribution in [0, 0.1) is 0 Å². The number of para-hydroxylation sites is 1. The molecule has 2 heterocycles. The number of hydrogen-bond acceptors (Lipinski definition) is 5. The van der Waals surface area contributed by atoms with Gasteiger partial charge in [0.2, 0.25) is 5.91 Å². The van der Waals surface area contributed by atoms with Gasteiger partial charge in [0, 0.05) is 19.9 Å². The molecule has 4 rings (SSSR count). The Bertz CT molecular complexity index is 837. The maximum atomic E-state index is 11.2. The molecule has 1 N–H and O–H groups in total. The molecule has 2 atom stereocenters. The molecule has 6 heteroatoms. The molecule has 6 nitrogen and oxygen atoms in total. The summed E-state index contributed by atoms with van der Waals surface area (Å²) in [4.78, 5) is 13.5. The molecule has 1 saturated heterocycles. The minimum atomic E-state index is -0.0312. The number of rotatable bonds is 5. The van der Waals surface area contributed by atoms with Crippen LogP contribution < -0.4 is 24.4 Å². The fourth-order valence-corrected chi connectivity index (χ4v) is 3.77. The highest BCUT2D eigenvalue weighted by Crippen LogP contribution is 2.40. The summed E-state index contributed by atoms with van der Waals surface area (Å²) in [6.45, 7) is 6.41. The number of carbonyl (C=O) groups excluding carboxylic acids is 1. The molecule has 0 unspecified atom stereocenters. The molecule has 2 aliphatic heterocycles. The Kier molecular flexibility index (Phi) is 5.28. The van der Waals surface area contributed by atoms with Gasteiger partial charge in [-0.05, 0) is 36.8 Å². The van der Waals surface area contributed by atoms with E-state index in [-0.39, 0.29) is 18.1 Å². The standard InChI is InChI=1S/C22H26N2O4/c1-15(23-16(2)25)17-6-8-18(9-7-17)28-19-10-11-24(14-19)20-4-3-5-21-22(20)27-13-12-26-21/h3-9,15,19H,10-14H2,1-2H3,(H,23,25)/t15-,19+/m0/s1. The molecule has 28 heavy (non-hydrogen) atoms. The highest BCUT2D eigenvalue weighted by Gasteiger charge is 2.28. The van der Waals surface area contributed by atoms with E-state index in [1.54, 1.807) is 0 Å². The minimum Gasteiger partial charge on any atom is -0.489 e. The lowest BCUT2D eigenvalue weighted by Crippen LogP contribution is -2.26. The Morgan fingerprint density at radius 2 is 1.96 bits per heavy atom. The molecular weight excluding hydrogens is 356 g/mol. The molecule has 1 fully saturated rings. The first-order chi connectivity index (χ1) is 13.6. The normalized spacial score (nSPS) is 19.2. The predicted molar refractivity (Wildman–Crippen MR) is 107 cm³/mol. The smallest absolute Gasteiger partial charge is 0.217 e. The Balaban J connectivity index is 1.38. The number of anilines is 1. The molecule has 148 valence electrons. The topological polar surface area (TPSA) is 60.0 Å². The number of carbonyl (C=O) groups is 1. The van der Waals surface area contributed by atoms with Gasteiger partial charge in [0.1, 0.15) is 25.1 Å². The number of benzene rings is 2. The van der Waals surface area contributed by atoms with Crippen LogP contribution in [-0.2, 0) is 4.79 Å². The summed E-state index contributed by atoms with van der Waals surface area (Å²) in [5.41, 5.74) is 2.13. The average molecular weight is 382 g/mol.